The molecule has 10 nitrogen and oxygen atoms in total. The van der Waals surface area contributed by atoms with Crippen molar-refractivity contribution in [2.45, 2.75) is 6.54 Å². The number of nitrogens with zero attached hydrogens (tertiary/aromatic N) is 7. The minimum Gasteiger partial charge on any atom is -0.382 e. The highest BCUT2D eigenvalue weighted by Gasteiger charge is 2.19. The Bertz CT molecular complexity index is 1090. The van der Waals surface area contributed by atoms with E-state index in [1.807, 2.05) is 24.4 Å². The molecule has 0 atom stereocenters. The lowest BCUT2D eigenvalue weighted by atomic mass is 10.2. The third-order valence-electron chi connectivity index (χ3n) is 3.63. The summed E-state index contributed by atoms with van der Waals surface area (Å²) in [6.45, 7) is 0.257. The van der Waals surface area contributed by atoms with Gasteiger partial charge >= 0.3 is 0 Å². The van der Waals surface area contributed by atoms with Crippen LogP contribution >= 0.6 is 11.6 Å². The van der Waals surface area contributed by atoms with E-state index in [1.54, 1.807) is 10.7 Å². The van der Waals surface area contributed by atoms with Gasteiger partial charge in [-0.1, -0.05) is 17.7 Å². The van der Waals surface area contributed by atoms with Crippen LogP contribution in [0.4, 0.5) is 5.82 Å². The molecule has 0 aliphatic carbocycles. The Morgan fingerprint density at radius 3 is 2.81 bits per heavy atom. The molecule has 0 saturated carbocycles. The van der Waals surface area contributed by atoms with Crippen LogP contribution in [-0.4, -0.2) is 40.5 Å². The van der Waals surface area contributed by atoms with Crippen molar-refractivity contribution in [3.8, 4) is 5.82 Å². The lowest BCUT2D eigenvalue weighted by Crippen LogP contribution is -2.26. The molecule has 4 heterocycles. The zero-order valence-electron chi connectivity index (χ0n) is 13.2. The van der Waals surface area contributed by atoms with Gasteiger partial charge in [0.2, 0.25) is 5.82 Å². The van der Waals surface area contributed by atoms with E-state index >= 15 is 0 Å². The zero-order valence-corrected chi connectivity index (χ0v) is 14.0. The first-order valence-electron chi connectivity index (χ1n) is 7.52. The highest BCUT2D eigenvalue weighted by atomic mass is 35.5. The molecule has 0 fully saturated rings. The molecule has 0 saturated heterocycles. The topological polar surface area (TPSA) is 129 Å². The van der Waals surface area contributed by atoms with Gasteiger partial charge in [0.25, 0.3) is 5.91 Å². The van der Waals surface area contributed by atoms with E-state index in [1.165, 1.54) is 17.2 Å². The van der Waals surface area contributed by atoms with E-state index in [2.05, 4.69) is 30.6 Å². The molecular formula is C15H12ClN9O. The number of carbonyl (C=O) groups is 1. The number of pyridine rings is 1. The first-order valence-corrected chi connectivity index (χ1v) is 7.90. The van der Waals surface area contributed by atoms with Crippen LogP contribution in [0.5, 0.6) is 0 Å². The summed E-state index contributed by atoms with van der Waals surface area (Å²) in [5, 5.41) is 14.8. The highest BCUT2D eigenvalue weighted by Crippen LogP contribution is 2.18. The molecule has 4 aromatic heterocycles. The molecule has 4 rings (SSSR count). The number of anilines is 1. The van der Waals surface area contributed by atoms with Gasteiger partial charge in [0.1, 0.15) is 0 Å². The van der Waals surface area contributed by atoms with Crippen LogP contribution in [0.25, 0.3) is 11.3 Å². The number of nitrogen functional groups attached to an aromatic ring is 1. The van der Waals surface area contributed by atoms with Crippen LogP contribution < -0.4 is 11.1 Å². The van der Waals surface area contributed by atoms with Crippen LogP contribution in [0.15, 0.2) is 43.0 Å². The summed E-state index contributed by atoms with van der Waals surface area (Å²) in [5.74, 6) is -0.417. The molecule has 1 amide bonds. The number of amides is 1. The predicted molar refractivity (Wildman–Crippen MR) is 92.7 cm³/mol. The summed E-state index contributed by atoms with van der Waals surface area (Å²) in [6.07, 6.45) is 6.44. The Hall–Kier alpha value is -3.53. The molecule has 0 aliphatic heterocycles. The first kappa shape index (κ1) is 16.0. The molecule has 3 N–H and O–H groups in total. The molecule has 0 aliphatic rings. The van der Waals surface area contributed by atoms with Crippen LogP contribution in [-0.2, 0) is 6.54 Å². The maximum absolute atomic E-state index is 12.4. The standard InChI is InChI=1S/C15H12ClN9O/c16-12-14(25-19-4-5-20-25)23-13(17)11(22-12)15(26)18-7-9-8-21-24-6-2-1-3-10(9)24/h1-6,8H,7H2,(H2,17,23)(H,18,26). The number of hydrogen-bond donors (Lipinski definition) is 2. The molecular weight excluding hydrogens is 358 g/mol. The van der Waals surface area contributed by atoms with E-state index in [0.717, 1.165) is 11.1 Å². The summed E-state index contributed by atoms with van der Waals surface area (Å²) in [6, 6.07) is 5.68. The fourth-order valence-electron chi connectivity index (χ4n) is 2.42. The first-order chi connectivity index (χ1) is 12.6. The number of rotatable bonds is 4. The number of aromatic nitrogens is 7. The van der Waals surface area contributed by atoms with E-state index < -0.39 is 5.91 Å². The van der Waals surface area contributed by atoms with Gasteiger partial charge in [-0.2, -0.15) is 15.3 Å². The smallest absolute Gasteiger partial charge is 0.274 e. The van der Waals surface area contributed by atoms with E-state index in [9.17, 15) is 4.79 Å². The van der Waals surface area contributed by atoms with Crippen molar-refractivity contribution < 1.29 is 4.79 Å². The fraction of sp³-hybridized carbons (Fsp3) is 0.0667. The van der Waals surface area contributed by atoms with Gasteiger partial charge in [0.15, 0.2) is 16.7 Å². The number of halogens is 1. The molecule has 11 heteroatoms. The number of fused-ring (bicyclic) bond motifs is 1. The number of nitrogens with two attached hydrogens (primary N) is 1. The average Bonchev–Trinajstić information content (AvgIpc) is 3.31. The second-order valence-electron chi connectivity index (χ2n) is 5.27. The monoisotopic (exact) mass is 369 g/mol. The largest absolute Gasteiger partial charge is 0.382 e. The summed E-state index contributed by atoms with van der Waals surface area (Å²) in [5.41, 5.74) is 7.54. The Labute approximate surface area is 151 Å². The summed E-state index contributed by atoms with van der Waals surface area (Å²) in [7, 11) is 0. The van der Waals surface area contributed by atoms with Gasteiger partial charge in [0, 0.05) is 18.3 Å². The lowest BCUT2D eigenvalue weighted by Gasteiger charge is -2.08. The van der Waals surface area contributed by atoms with Gasteiger partial charge in [-0.15, -0.1) is 4.80 Å². The molecule has 0 unspecified atom stereocenters. The highest BCUT2D eigenvalue weighted by molar-refractivity contribution is 6.31. The number of hydrogen-bond acceptors (Lipinski definition) is 7. The number of nitrogens with one attached hydrogen (secondary N) is 1. The van der Waals surface area contributed by atoms with Crippen molar-refractivity contribution in [3.05, 3.63) is 59.4 Å². The van der Waals surface area contributed by atoms with Crippen molar-refractivity contribution in [1.82, 2.24) is 39.9 Å². The minimum atomic E-state index is -0.493. The maximum Gasteiger partial charge on any atom is 0.274 e. The van der Waals surface area contributed by atoms with Crippen LogP contribution in [0.2, 0.25) is 5.15 Å². The van der Waals surface area contributed by atoms with Crippen LogP contribution in [0, 0.1) is 0 Å². The summed E-state index contributed by atoms with van der Waals surface area (Å²) in [4.78, 5) is 21.7. The van der Waals surface area contributed by atoms with Gasteiger partial charge in [-0.3, -0.25) is 4.79 Å². The Kier molecular flexibility index (Phi) is 3.93. The van der Waals surface area contributed by atoms with Crippen LogP contribution in [0.3, 0.4) is 0 Å². The zero-order chi connectivity index (χ0) is 18.1. The van der Waals surface area contributed by atoms with Gasteiger partial charge in [-0.25, -0.2) is 14.5 Å². The number of carbonyl (C=O) groups excluding carboxylic acids is 1. The van der Waals surface area contributed by atoms with Crippen molar-refractivity contribution in [1.29, 1.82) is 0 Å². The Balaban J connectivity index is 1.56. The predicted octanol–water partition coefficient (Wildman–Crippen LogP) is 0.871. The van der Waals surface area contributed by atoms with E-state index in [-0.39, 0.29) is 29.0 Å². The molecule has 26 heavy (non-hydrogen) atoms. The Morgan fingerprint density at radius 2 is 2.00 bits per heavy atom. The lowest BCUT2D eigenvalue weighted by molar-refractivity contribution is 0.0946. The SMILES string of the molecule is Nc1nc(-n2nccn2)c(Cl)nc1C(=O)NCc1cnn2ccccc12. The van der Waals surface area contributed by atoms with Gasteiger partial charge in [0.05, 0.1) is 24.1 Å². The van der Waals surface area contributed by atoms with Gasteiger partial charge in [-0.05, 0) is 12.1 Å². The fourth-order valence-corrected chi connectivity index (χ4v) is 2.62. The van der Waals surface area contributed by atoms with Crippen molar-refractivity contribution in [2.24, 2.45) is 0 Å². The van der Waals surface area contributed by atoms with Crippen molar-refractivity contribution in [3.63, 3.8) is 0 Å². The third-order valence-corrected chi connectivity index (χ3v) is 3.89. The van der Waals surface area contributed by atoms with Gasteiger partial charge < -0.3 is 11.1 Å². The van der Waals surface area contributed by atoms with Crippen molar-refractivity contribution in [2.75, 3.05) is 5.73 Å². The quantitative estimate of drug-likeness (QED) is 0.546. The normalized spacial score (nSPS) is 11.0. The molecule has 4 aromatic rings. The van der Waals surface area contributed by atoms with Crippen molar-refractivity contribution >= 4 is 28.8 Å². The molecule has 0 bridgehead atoms. The maximum atomic E-state index is 12.4. The molecule has 0 radical (unpaired) electrons. The minimum absolute atomic E-state index is 0.0310. The molecule has 0 aromatic carbocycles. The summed E-state index contributed by atoms with van der Waals surface area (Å²) >= 11 is 6.09. The van der Waals surface area contributed by atoms with E-state index in [0.29, 0.717) is 0 Å². The average molecular weight is 370 g/mol. The second-order valence-corrected chi connectivity index (χ2v) is 5.63. The van der Waals surface area contributed by atoms with Crippen LogP contribution in [0.1, 0.15) is 16.1 Å². The Morgan fingerprint density at radius 1 is 1.19 bits per heavy atom. The molecule has 0 spiro atoms. The third kappa shape index (κ3) is 2.82. The second kappa shape index (κ2) is 6.41. The summed E-state index contributed by atoms with van der Waals surface area (Å²) < 4.78 is 1.72. The van der Waals surface area contributed by atoms with E-state index in [4.69, 9.17) is 17.3 Å². The molecule has 130 valence electrons.